The quantitative estimate of drug-likeness (QED) is 0.240. The van der Waals surface area contributed by atoms with E-state index in [9.17, 15) is 0 Å². The highest BCUT2D eigenvalue weighted by atomic mass is 32.1. The number of nitrogens with zero attached hydrogens (tertiary/aromatic N) is 3. The van der Waals surface area contributed by atoms with Crippen LogP contribution in [0, 0.1) is 0 Å². The summed E-state index contributed by atoms with van der Waals surface area (Å²) in [5.74, 6) is 0. The van der Waals surface area contributed by atoms with Gasteiger partial charge in [-0.3, -0.25) is 0 Å². The number of thiocarbonyl (C=S) groups is 1. The molecule has 0 aliphatic carbocycles. The molecule has 5 rings (SSSR count). The minimum absolute atomic E-state index is 0.657. The van der Waals surface area contributed by atoms with E-state index in [0.29, 0.717) is 5.11 Å². The second-order valence-corrected chi connectivity index (χ2v) is 7.43. The molecule has 0 radical (unpaired) electrons. The second kappa shape index (κ2) is 6.39. The summed E-state index contributed by atoms with van der Waals surface area (Å²) in [7, 11) is 3.84. The van der Waals surface area contributed by atoms with Gasteiger partial charge in [-0.2, -0.15) is 0 Å². The zero-order valence-electron chi connectivity index (χ0n) is 15.6. The fourth-order valence-electron chi connectivity index (χ4n) is 3.59. The van der Waals surface area contributed by atoms with Crippen LogP contribution < -0.4 is 5.32 Å². The third kappa shape index (κ3) is 2.63. The van der Waals surface area contributed by atoms with Gasteiger partial charge in [0.25, 0.3) is 0 Å². The Kier molecular flexibility index (Phi) is 3.84. The second-order valence-electron chi connectivity index (χ2n) is 7.04. The van der Waals surface area contributed by atoms with Gasteiger partial charge in [-0.1, -0.05) is 48.5 Å². The first-order chi connectivity index (χ1) is 13.6. The molecular weight excluding hydrogens is 364 g/mol. The Labute approximate surface area is 167 Å². The third-order valence-electron chi connectivity index (χ3n) is 4.98. The van der Waals surface area contributed by atoms with E-state index < -0.39 is 0 Å². The highest BCUT2D eigenvalue weighted by molar-refractivity contribution is 7.80. The van der Waals surface area contributed by atoms with E-state index in [4.69, 9.17) is 22.2 Å². The summed E-state index contributed by atoms with van der Waals surface area (Å²) in [4.78, 5) is 11.9. The number of rotatable bonds is 1. The summed E-state index contributed by atoms with van der Waals surface area (Å²) in [5.41, 5.74) is 4.49. The van der Waals surface area contributed by atoms with E-state index >= 15 is 0 Å². The first-order valence-corrected chi connectivity index (χ1v) is 9.52. The Morgan fingerprint density at radius 1 is 0.750 bits per heavy atom. The zero-order valence-corrected chi connectivity index (χ0v) is 16.4. The Morgan fingerprint density at radius 3 is 1.86 bits per heavy atom. The van der Waals surface area contributed by atoms with Gasteiger partial charge in [0.2, 0.25) is 0 Å². The van der Waals surface area contributed by atoms with E-state index in [-0.39, 0.29) is 0 Å². The van der Waals surface area contributed by atoms with Crippen molar-refractivity contribution in [3.63, 3.8) is 0 Å². The molecule has 0 atom stereocenters. The number of benzene rings is 4. The highest BCUT2D eigenvalue weighted by Gasteiger charge is 2.12. The molecule has 4 aromatic carbocycles. The lowest BCUT2D eigenvalue weighted by Gasteiger charge is -2.16. The molecule has 28 heavy (non-hydrogen) atoms. The Bertz CT molecular complexity index is 1390. The van der Waals surface area contributed by atoms with Gasteiger partial charge in [0.15, 0.2) is 5.11 Å². The van der Waals surface area contributed by atoms with Crippen LogP contribution in [0.1, 0.15) is 0 Å². The predicted molar refractivity (Wildman–Crippen MR) is 122 cm³/mol. The average Bonchev–Trinajstić information content (AvgIpc) is 2.72. The lowest BCUT2D eigenvalue weighted by atomic mass is 9.99. The van der Waals surface area contributed by atoms with Crippen LogP contribution in [-0.2, 0) is 0 Å². The number of anilines is 1. The van der Waals surface area contributed by atoms with Gasteiger partial charge in [0, 0.05) is 30.6 Å². The van der Waals surface area contributed by atoms with Gasteiger partial charge in [0.1, 0.15) is 0 Å². The van der Waals surface area contributed by atoms with E-state index in [1.165, 1.54) is 10.8 Å². The largest absolute Gasteiger partial charge is 0.355 e. The predicted octanol–water partition coefficient (Wildman–Crippen LogP) is 5.35. The SMILES string of the molecule is CN(C)C(=S)Nc1ccc2nc3c4ccccc4c4ccccc4c3nc2c1. The summed E-state index contributed by atoms with van der Waals surface area (Å²) in [6.45, 7) is 0. The summed E-state index contributed by atoms with van der Waals surface area (Å²) in [6.07, 6.45) is 0. The Balaban J connectivity index is 1.83. The first-order valence-electron chi connectivity index (χ1n) is 9.11. The van der Waals surface area contributed by atoms with Crippen LogP contribution in [0.5, 0.6) is 0 Å². The van der Waals surface area contributed by atoms with Gasteiger partial charge >= 0.3 is 0 Å². The molecule has 0 aliphatic rings. The molecular formula is C23H18N4S. The summed E-state index contributed by atoms with van der Waals surface area (Å²) in [6, 6.07) is 22.8. The summed E-state index contributed by atoms with van der Waals surface area (Å²) in [5, 5.41) is 8.54. The average molecular weight is 382 g/mol. The molecule has 0 saturated heterocycles. The highest BCUT2D eigenvalue weighted by Crippen LogP contribution is 2.34. The molecule has 1 aromatic heterocycles. The van der Waals surface area contributed by atoms with E-state index in [2.05, 4.69) is 53.8 Å². The maximum atomic E-state index is 5.35. The van der Waals surface area contributed by atoms with Crippen LogP contribution in [0.25, 0.3) is 43.6 Å². The van der Waals surface area contributed by atoms with Crippen molar-refractivity contribution in [1.29, 1.82) is 0 Å². The topological polar surface area (TPSA) is 41.0 Å². The van der Waals surface area contributed by atoms with Gasteiger partial charge in [-0.05, 0) is 41.2 Å². The van der Waals surface area contributed by atoms with Crippen molar-refractivity contribution in [3.8, 4) is 0 Å². The molecule has 0 saturated carbocycles. The van der Waals surface area contributed by atoms with Gasteiger partial charge < -0.3 is 10.2 Å². The van der Waals surface area contributed by atoms with Crippen molar-refractivity contribution in [2.24, 2.45) is 0 Å². The minimum Gasteiger partial charge on any atom is -0.355 e. The first kappa shape index (κ1) is 16.8. The smallest absolute Gasteiger partial charge is 0.172 e. The lowest BCUT2D eigenvalue weighted by molar-refractivity contribution is 0.634. The lowest BCUT2D eigenvalue weighted by Crippen LogP contribution is -2.26. The molecule has 136 valence electrons. The zero-order chi connectivity index (χ0) is 19.3. The monoisotopic (exact) mass is 382 g/mol. The standard InChI is InChI=1S/C23H18N4S/c1-27(2)23(28)24-14-11-12-19-20(13-14)26-22-18-10-6-4-8-16(18)15-7-3-5-9-17(15)21(22)25-19/h3-13H,1-2H3,(H,24,28). The van der Waals surface area contributed by atoms with E-state index in [1.54, 1.807) is 0 Å². The number of hydrogen-bond donors (Lipinski definition) is 1. The maximum Gasteiger partial charge on any atom is 0.172 e. The molecule has 0 fully saturated rings. The van der Waals surface area contributed by atoms with Gasteiger partial charge in [-0.25, -0.2) is 9.97 Å². The summed E-state index contributed by atoms with van der Waals surface area (Å²) >= 11 is 5.35. The number of hydrogen-bond acceptors (Lipinski definition) is 3. The molecule has 0 unspecified atom stereocenters. The van der Waals surface area contributed by atoms with Crippen molar-refractivity contribution in [1.82, 2.24) is 14.9 Å². The molecule has 5 aromatic rings. The minimum atomic E-state index is 0.657. The number of fused-ring (bicyclic) bond motifs is 7. The maximum absolute atomic E-state index is 5.35. The van der Waals surface area contributed by atoms with E-state index in [0.717, 1.165) is 38.5 Å². The molecule has 1 N–H and O–H groups in total. The van der Waals surface area contributed by atoms with Crippen LogP contribution in [-0.4, -0.2) is 34.1 Å². The van der Waals surface area contributed by atoms with Crippen molar-refractivity contribution < 1.29 is 0 Å². The van der Waals surface area contributed by atoms with Crippen LogP contribution in [0.3, 0.4) is 0 Å². The Hall–Kier alpha value is -3.31. The van der Waals surface area contributed by atoms with E-state index in [1.807, 2.05) is 37.2 Å². The fourth-order valence-corrected chi connectivity index (χ4v) is 3.71. The van der Waals surface area contributed by atoms with Crippen molar-refractivity contribution in [2.45, 2.75) is 0 Å². The van der Waals surface area contributed by atoms with Crippen LogP contribution in [0.4, 0.5) is 5.69 Å². The molecule has 0 bridgehead atoms. The van der Waals surface area contributed by atoms with Crippen molar-refractivity contribution >= 4 is 66.6 Å². The number of aromatic nitrogens is 2. The van der Waals surface area contributed by atoms with Crippen molar-refractivity contribution in [2.75, 3.05) is 19.4 Å². The normalized spacial score (nSPS) is 11.4. The molecule has 1 heterocycles. The van der Waals surface area contributed by atoms with Gasteiger partial charge in [0.05, 0.1) is 22.1 Å². The summed E-state index contributed by atoms with van der Waals surface area (Å²) < 4.78 is 0. The molecule has 0 aliphatic heterocycles. The molecule has 0 amide bonds. The Morgan fingerprint density at radius 2 is 1.29 bits per heavy atom. The number of nitrogens with one attached hydrogen (secondary N) is 1. The van der Waals surface area contributed by atoms with Crippen LogP contribution >= 0.6 is 12.2 Å². The van der Waals surface area contributed by atoms with Crippen LogP contribution in [0.2, 0.25) is 0 Å². The fraction of sp³-hybridized carbons (Fsp3) is 0.0870. The van der Waals surface area contributed by atoms with Crippen LogP contribution in [0.15, 0.2) is 66.7 Å². The van der Waals surface area contributed by atoms with Crippen molar-refractivity contribution in [3.05, 3.63) is 66.7 Å². The van der Waals surface area contributed by atoms with Gasteiger partial charge in [-0.15, -0.1) is 0 Å². The molecule has 4 nitrogen and oxygen atoms in total. The third-order valence-corrected chi connectivity index (χ3v) is 5.44. The molecule has 5 heteroatoms. The molecule has 0 spiro atoms.